The number of nitrogens with zero attached hydrogens (tertiary/aromatic N) is 1. The smallest absolute Gasteiger partial charge is 0.0991 e. The van der Waals surface area contributed by atoms with Crippen molar-refractivity contribution in [3.63, 3.8) is 0 Å². The van der Waals surface area contributed by atoms with E-state index in [4.69, 9.17) is 5.26 Å². The molecule has 0 unspecified atom stereocenters. The van der Waals surface area contributed by atoms with Gasteiger partial charge in [0.25, 0.3) is 0 Å². The lowest BCUT2D eigenvalue weighted by molar-refractivity contribution is 1.28. The normalized spacial score (nSPS) is 9.67. The molecule has 0 aliphatic rings. The number of nitriles is 1. The maximum absolute atomic E-state index is 8.84. The van der Waals surface area contributed by atoms with E-state index in [0.717, 1.165) is 23.1 Å². The average molecular weight is 271 g/mol. The van der Waals surface area contributed by atoms with Crippen molar-refractivity contribution in [3.8, 4) is 6.07 Å². The zero-order chi connectivity index (χ0) is 15.2. The first-order valence-corrected chi connectivity index (χ1v) is 6.72. The topological polar surface area (TPSA) is 23.8 Å². The maximum Gasteiger partial charge on any atom is 0.0991 e. The summed E-state index contributed by atoms with van der Waals surface area (Å²) in [4.78, 5) is 0. The molecule has 0 saturated heterocycles. The van der Waals surface area contributed by atoms with Gasteiger partial charge in [0, 0.05) is 0 Å². The minimum absolute atomic E-state index is 0.399. The van der Waals surface area contributed by atoms with Gasteiger partial charge in [0.2, 0.25) is 0 Å². The molecule has 0 radical (unpaired) electrons. The van der Waals surface area contributed by atoms with E-state index < -0.39 is 0 Å². The lowest BCUT2D eigenvalue weighted by atomic mass is 9.96. The Morgan fingerprint density at radius 2 is 1.48 bits per heavy atom. The second-order valence-corrected chi connectivity index (χ2v) is 4.91. The highest BCUT2D eigenvalue weighted by molar-refractivity contribution is 5.80. The summed E-state index contributed by atoms with van der Waals surface area (Å²) in [6, 6.07) is 20.2. The third-order valence-electron chi connectivity index (χ3n) is 3.40. The number of allylic oxidation sites excluding steroid dienone is 3. The van der Waals surface area contributed by atoms with Crippen molar-refractivity contribution in [1.29, 1.82) is 5.26 Å². The van der Waals surface area contributed by atoms with Gasteiger partial charge in [-0.2, -0.15) is 5.26 Å². The summed E-state index contributed by atoms with van der Waals surface area (Å²) < 4.78 is 0. The van der Waals surface area contributed by atoms with Crippen LogP contribution < -0.4 is 0 Å². The summed E-state index contributed by atoms with van der Waals surface area (Å²) in [5.41, 5.74) is 5.42. The number of rotatable bonds is 5. The fourth-order valence-electron chi connectivity index (χ4n) is 2.09. The molecule has 2 rings (SSSR count). The molecule has 21 heavy (non-hydrogen) atoms. The van der Waals surface area contributed by atoms with Gasteiger partial charge in [-0.3, -0.25) is 0 Å². The van der Waals surface area contributed by atoms with Gasteiger partial charge in [0.15, 0.2) is 0 Å². The summed E-state index contributed by atoms with van der Waals surface area (Å²) >= 11 is 0. The fraction of sp³-hybridized carbons (Fsp3) is 0.0500. The lowest BCUT2D eigenvalue weighted by Crippen LogP contribution is -1.91. The van der Waals surface area contributed by atoms with Crippen LogP contribution in [0.15, 0.2) is 79.9 Å². The van der Waals surface area contributed by atoms with E-state index in [1.54, 1.807) is 0 Å². The van der Waals surface area contributed by atoms with E-state index in [2.05, 4.69) is 31.9 Å². The number of hydrogen-bond donors (Lipinski definition) is 0. The van der Waals surface area contributed by atoms with Crippen molar-refractivity contribution in [1.82, 2.24) is 0 Å². The van der Waals surface area contributed by atoms with E-state index in [1.807, 2.05) is 48.5 Å². The Morgan fingerprint density at radius 3 is 2.05 bits per heavy atom. The van der Waals surface area contributed by atoms with Crippen LogP contribution in [0.3, 0.4) is 0 Å². The fourth-order valence-corrected chi connectivity index (χ4v) is 2.09. The van der Waals surface area contributed by atoms with Crippen LogP contribution in [0.4, 0.5) is 0 Å². The molecule has 0 atom stereocenters. The standard InChI is InChI=1S/C20H17N/c1-15(19-7-5-4-6-8-19)13-18-9-11-20(12-10-18)17(3)16(2)14-21/h4-12H,1-3,13H2. The molecule has 0 aliphatic carbocycles. The van der Waals surface area contributed by atoms with Crippen molar-refractivity contribution in [2.45, 2.75) is 6.42 Å². The molecule has 0 fully saturated rings. The van der Waals surface area contributed by atoms with Crippen molar-refractivity contribution in [2.24, 2.45) is 0 Å². The maximum atomic E-state index is 8.84. The zero-order valence-electron chi connectivity index (χ0n) is 12.0. The molecule has 0 bridgehead atoms. The summed E-state index contributed by atoms with van der Waals surface area (Å²) in [7, 11) is 0. The largest absolute Gasteiger partial charge is 0.192 e. The monoisotopic (exact) mass is 271 g/mol. The first-order chi connectivity index (χ1) is 10.1. The third-order valence-corrected chi connectivity index (χ3v) is 3.40. The molecule has 102 valence electrons. The van der Waals surface area contributed by atoms with Crippen LogP contribution in [0.1, 0.15) is 16.7 Å². The summed E-state index contributed by atoms with van der Waals surface area (Å²) in [6.07, 6.45) is 0.802. The van der Waals surface area contributed by atoms with E-state index in [-0.39, 0.29) is 0 Å². The Labute approximate surface area is 126 Å². The number of benzene rings is 2. The van der Waals surface area contributed by atoms with Crippen molar-refractivity contribution >= 4 is 11.1 Å². The second kappa shape index (κ2) is 6.54. The molecule has 0 N–H and O–H groups in total. The van der Waals surface area contributed by atoms with E-state index in [0.29, 0.717) is 11.1 Å². The van der Waals surface area contributed by atoms with Crippen LogP contribution in [-0.4, -0.2) is 0 Å². The molecule has 0 aliphatic heterocycles. The first-order valence-electron chi connectivity index (χ1n) is 6.72. The first kappa shape index (κ1) is 14.6. The molecule has 1 heteroatoms. The Hall–Kier alpha value is -2.85. The third kappa shape index (κ3) is 3.58. The lowest BCUT2D eigenvalue weighted by Gasteiger charge is -2.08. The van der Waals surface area contributed by atoms with E-state index in [9.17, 15) is 0 Å². The molecular weight excluding hydrogens is 254 g/mol. The van der Waals surface area contributed by atoms with Gasteiger partial charge in [-0.1, -0.05) is 74.3 Å². The molecule has 0 saturated carbocycles. The quantitative estimate of drug-likeness (QED) is 0.552. The zero-order valence-corrected chi connectivity index (χ0v) is 12.0. The van der Waals surface area contributed by atoms with Crippen LogP contribution >= 0.6 is 0 Å². The van der Waals surface area contributed by atoms with Gasteiger partial charge in [-0.25, -0.2) is 0 Å². The average Bonchev–Trinajstić information content (AvgIpc) is 2.55. The van der Waals surface area contributed by atoms with Gasteiger partial charge >= 0.3 is 0 Å². The minimum atomic E-state index is 0.399. The van der Waals surface area contributed by atoms with Crippen LogP contribution in [-0.2, 0) is 6.42 Å². The van der Waals surface area contributed by atoms with Gasteiger partial charge in [-0.15, -0.1) is 0 Å². The highest BCUT2D eigenvalue weighted by atomic mass is 14.2. The van der Waals surface area contributed by atoms with Gasteiger partial charge < -0.3 is 0 Å². The minimum Gasteiger partial charge on any atom is -0.192 e. The van der Waals surface area contributed by atoms with Crippen molar-refractivity contribution in [3.05, 3.63) is 96.6 Å². The molecule has 2 aromatic carbocycles. The molecule has 0 amide bonds. The van der Waals surface area contributed by atoms with Crippen molar-refractivity contribution < 1.29 is 0 Å². The second-order valence-electron chi connectivity index (χ2n) is 4.91. The van der Waals surface area contributed by atoms with Gasteiger partial charge in [0.1, 0.15) is 0 Å². The van der Waals surface area contributed by atoms with Crippen LogP contribution in [0.25, 0.3) is 11.1 Å². The van der Waals surface area contributed by atoms with Crippen LogP contribution in [0.2, 0.25) is 0 Å². The molecule has 0 spiro atoms. The molecule has 0 heterocycles. The molecule has 1 nitrogen and oxygen atoms in total. The Bertz CT molecular complexity index is 713. The predicted molar refractivity (Wildman–Crippen MR) is 89.4 cm³/mol. The highest BCUT2D eigenvalue weighted by Crippen LogP contribution is 2.22. The van der Waals surface area contributed by atoms with Crippen LogP contribution in [0, 0.1) is 11.3 Å². The Balaban J connectivity index is 2.10. The number of hydrogen-bond acceptors (Lipinski definition) is 1. The summed E-state index contributed by atoms with van der Waals surface area (Å²) in [5, 5.41) is 8.84. The SMILES string of the molecule is C=C(C#N)C(=C)c1ccc(CC(=C)c2ccccc2)cc1. The van der Waals surface area contributed by atoms with E-state index in [1.165, 1.54) is 5.56 Å². The Kier molecular flexibility index (Phi) is 4.53. The van der Waals surface area contributed by atoms with Crippen LogP contribution in [0.5, 0.6) is 0 Å². The van der Waals surface area contributed by atoms with Crippen molar-refractivity contribution in [2.75, 3.05) is 0 Å². The van der Waals surface area contributed by atoms with E-state index >= 15 is 0 Å². The summed E-state index contributed by atoms with van der Waals surface area (Å²) in [5.74, 6) is 0. The van der Waals surface area contributed by atoms with Gasteiger partial charge in [0.05, 0.1) is 11.6 Å². The Morgan fingerprint density at radius 1 is 0.857 bits per heavy atom. The molecule has 2 aromatic rings. The predicted octanol–water partition coefficient (Wildman–Crippen LogP) is 5.04. The summed E-state index contributed by atoms with van der Waals surface area (Å²) in [6.45, 7) is 11.7. The van der Waals surface area contributed by atoms with Gasteiger partial charge in [-0.05, 0) is 34.3 Å². The molecular formula is C20H17N. The highest BCUT2D eigenvalue weighted by Gasteiger charge is 2.04. The molecule has 0 aromatic heterocycles.